The largest absolute Gasteiger partial charge is 0.337 e. The third-order valence-corrected chi connectivity index (χ3v) is 5.27. The van der Waals surface area contributed by atoms with Crippen LogP contribution in [0.3, 0.4) is 0 Å². The van der Waals surface area contributed by atoms with Crippen molar-refractivity contribution in [3.63, 3.8) is 0 Å². The number of aromatic nitrogens is 3. The minimum Gasteiger partial charge on any atom is -0.337 e. The maximum absolute atomic E-state index is 9.59. The summed E-state index contributed by atoms with van der Waals surface area (Å²) in [6, 6.07) is 11.4. The van der Waals surface area contributed by atoms with Gasteiger partial charge >= 0.3 is 0 Å². The van der Waals surface area contributed by atoms with Crippen LogP contribution in [0, 0.1) is 0 Å². The van der Waals surface area contributed by atoms with Gasteiger partial charge < -0.3 is 9.54 Å². The molecule has 6 heteroatoms. The van der Waals surface area contributed by atoms with Crippen LogP contribution in [0.4, 0.5) is 0 Å². The number of aromatic amines is 1. The van der Waals surface area contributed by atoms with E-state index in [1.807, 2.05) is 84.0 Å². The normalized spacial score (nSPS) is 10.8. The second-order valence-corrected chi connectivity index (χ2v) is 8.31. The highest BCUT2D eigenvalue weighted by atomic mass is 32.8. The summed E-state index contributed by atoms with van der Waals surface area (Å²) in [6.45, 7) is 19.9. The maximum atomic E-state index is 9.59. The Labute approximate surface area is 213 Å². The number of nitrogens with zero attached hydrogens (tertiary/aromatic N) is 2. The molecule has 3 aromatic rings. The Hall–Kier alpha value is -2.67. The van der Waals surface area contributed by atoms with Crippen LogP contribution in [0.2, 0.25) is 0 Å². The average Bonchev–Trinajstić information content (AvgIpc) is 3.33. The molecule has 0 spiro atoms. The molecular weight excluding hydrogens is 458 g/mol. The first-order valence-electron chi connectivity index (χ1n) is 11.7. The standard InChI is InChI=1S/C22H21N3OS2.3C2H6/c1-4-5-18(14-15(2)3)21-20(16-10-12-23-13-11-16)24-22(25-21)17-6-8-19(9-7-17)28(26)27;3*1-2/h4-14H,1H2,2-3H3,(H,24,25)(H,26,27);3*1-2H3/b18-5+;;;. The van der Waals surface area contributed by atoms with E-state index in [1.165, 1.54) is 5.57 Å². The SMILES string of the molecule is C=C/C=C(\C=C(C)C)c1nc(-c2ccc(S(O)=S)cc2)[nH]c1-c1ccncc1.CC.CC.CC. The van der Waals surface area contributed by atoms with Gasteiger partial charge in [-0.2, -0.15) is 0 Å². The van der Waals surface area contributed by atoms with Crippen molar-refractivity contribution >= 4 is 26.5 Å². The molecule has 2 N–H and O–H groups in total. The van der Waals surface area contributed by atoms with E-state index in [0.717, 1.165) is 38.8 Å². The fraction of sp³-hybridized carbons (Fsp3) is 0.286. The summed E-state index contributed by atoms with van der Waals surface area (Å²) in [5, 5.41) is 0. The lowest BCUT2D eigenvalue weighted by Gasteiger charge is -2.04. The zero-order chi connectivity index (χ0) is 26.1. The summed E-state index contributed by atoms with van der Waals surface area (Å²) in [5.74, 6) is 0.743. The minimum atomic E-state index is -1.17. The second kappa shape index (κ2) is 17.8. The number of nitrogens with one attached hydrogen (secondary N) is 1. The highest BCUT2D eigenvalue weighted by molar-refractivity contribution is 8.25. The van der Waals surface area contributed by atoms with Gasteiger partial charge in [-0.05, 0) is 49.3 Å². The molecule has 184 valence electrons. The fourth-order valence-corrected chi connectivity index (χ4v) is 3.51. The Balaban J connectivity index is 0.00000168. The van der Waals surface area contributed by atoms with Gasteiger partial charge in [0.05, 0.1) is 11.4 Å². The number of pyridine rings is 1. The topological polar surface area (TPSA) is 61.8 Å². The van der Waals surface area contributed by atoms with E-state index in [1.54, 1.807) is 18.5 Å². The number of benzene rings is 1. The molecule has 2 aromatic heterocycles. The van der Waals surface area contributed by atoms with Gasteiger partial charge in [0.25, 0.3) is 0 Å². The van der Waals surface area contributed by atoms with E-state index in [2.05, 4.69) is 36.5 Å². The molecule has 0 fully saturated rings. The monoisotopic (exact) mass is 497 g/mol. The average molecular weight is 498 g/mol. The first kappa shape index (κ1) is 31.3. The third kappa shape index (κ3) is 9.29. The van der Waals surface area contributed by atoms with Crippen LogP contribution in [-0.2, 0) is 20.9 Å². The van der Waals surface area contributed by atoms with Crippen molar-refractivity contribution in [1.29, 1.82) is 0 Å². The van der Waals surface area contributed by atoms with E-state index < -0.39 is 9.74 Å². The molecule has 1 unspecified atom stereocenters. The summed E-state index contributed by atoms with van der Waals surface area (Å²) in [5.41, 5.74) is 5.82. The number of rotatable bonds is 6. The molecule has 0 saturated heterocycles. The van der Waals surface area contributed by atoms with Crippen LogP contribution in [-0.4, -0.2) is 19.5 Å². The molecule has 0 radical (unpaired) electrons. The summed E-state index contributed by atoms with van der Waals surface area (Å²) in [6.07, 6.45) is 9.33. The number of imidazole rings is 1. The van der Waals surface area contributed by atoms with Gasteiger partial charge in [0.2, 0.25) is 0 Å². The van der Waals surface area contributed by atoms with Crippen molar-refractivity contribution in [1.82, 2.24) is 15.0 Å². The van der Waals surface area contributed by atoms with E-state index in [4.69, 9.17) is 16.2 Å². The van der Waals surface area contributed by atoms with Crippen molar-refractivity contribution in [3.05, 3.63) is 84.9 Å². The van der Waals surface area contributed by atoms with E-state index in [-0.39, 0.29) is 0 Å². The number of hydrogen-bond donors (Lipinski definition) is 2. The summed E-state index contributed by atoms with van der Waals surface area (Å²) in [4.78, 5) is 13.2. The van der Waals surface area contributed by atoms with Crippen molar-refractivity contribution in [2.24, 2.45) is 0 Å². The predicted octanol–water partition coefficient (Wildman–Crippen LogP) is 8.67. The molecule has 4 nitrogen and oxygen atoms in total. The van der Waals surface area contributed by atoms with Crippen LogP contribution < -0.4 is 0 Å². The Morgan fingerprint density at radius 3 is 1.97 bits per heavy atom. The highest BCUT2D eigenvalue weighted by Gasteiger charge is 2.16. The van der Waals surface area contributed by atoms with Gasteiger partial charge in [-0.3, -0.25) is 4.98 Å². The second-order valence-electron chi connectivity index (χ2n) is 6.40. The van der Waals surface area contributed by atoms with Crippen LogP contribution in [0.15, 0.2) is 84.1 Å². The zero-order valence-electron chi connectivity index (χ0n) is 21.7. The molecule has 1 aromatic carbocycles. The number of hydrogen-bond acceptors (Lipinski definition) is 3. The molecule has 0 aliphatic carbocycles. The van der Waals surface area contributed by atoms with E-state index >= 15 is 0 Å². The van der Waals surface area contributed by atoms with E-state index in [0.29, 0.717) is 0 Å². The lowest BCUT2D eigenvalue weighted by Crippen LogP contribution is -1.88. The maximum Gasteiger partial charge on any atom is 0.138 e. The van der Waals surface area contributed by atoms with Gasteiger partial charge in [0, 0.05) is 43.7 Å². The molecule has 0 bridgehead atoms. The number of H-pyrrole nitrogens is 1. The van der Waals surface area contributed by atoms with E-state index in [9.17, 15) is 4.55 Å². The molecule has 0 saturated carbocycles. The van der Waals surface area contributed by atoms with Crippen LogP contribution in [0.25, 0.3) is 28.2 Å². The van der Waals surface area contributed by atoms with Gasteiger partial charge in [0.1, 0.15) is 5.82 Å². The Bertz CT molecular complexity index is 1060. The van der Waals surface area contributed by atoms with Gasteiger partial charge in [-0.25, -0.2) is 4.98 Å². The Kier molecular flexibility index (Phi) is 16.4. The first-order chi connectivity index (χ1) is 16.5. The fourth-order valence-electron chi connectivity index (χ4n) is 2.81. The Morgan fingerprint density at radius 2 is 1.50 bits per heavy atom. The van der Waals surface area contributed by atoms with Gasteiger partial charge in [0.15, 0.2) is 0 Å². The molecular formula is C28H39N3OS2. The quantitative estimate of drug-likeness (QED) is 0.334. The third-order valence-electron chi connectivity index (χ3n) is 4.02. The summed E-state index contributed by atoms with van der Waals surface area (Å²) >= 11 is 4.93. The van der Waals surface area contributed by atoms with Crippen molar-refractivity contribution in [3.8, 4) is 22.6 Å². The molecule has 0 amide bonds. The van der Waals surface area contributed by atoms with Crippen LogP contribution >= 0.6 is 0 Å². The minimum absolute atomic E-state index is 0.719. The van der Waals surface area contributed by atoms with Crippen LogP contribution in [0.1, 0.15) is 61.1 Å². The first-order valence-corrected chi connectivity index (χ1v) is 13.8. The smallest absolute Gasteiger partial charge is 0.138 e. The highest BCUT2D eigenvalue weighted by Crippen LogP contribution is 2.31. The molecule has 0 aliphatic heterocycles. The summed E-state index contributed by atoms with van der Waals surface area (Å²) < 4.78 is 9.59. The molecule has 0 aliphatic rings. The van der Waals surface area contributed by atoms with Crippen molar-refractivity contribution in [2.45, 2.75) is 60.3 Å². The molecule has 34 heavy (non-hydrogen) atoms. The van der Waals surface area contributed by atoms with Crippen molar-refractivity contribution < 1.29 is 4.55 Å². The molecule has 1 atom stereocenters. The zero-order valence-corrected chi connectivity index (χ0v) is 23.3. The summed E-state index contributed by atoms with van der Waals surface area (Å²) in [7, 11) is -1.17. The van der Waals surface area contributed by atoms with Gasteiger partial charge in [-0.15, -0.1) is 0 Å². The Morgan fingerprint density at radius 1 is 0.941 bits per heavy atom. The predicted molar refractivity (Wildman–Crippen MR) is 155 cm³/mol. The lowest BCUT2D eigenvalue weighted by molar-refractivity contribution is 0.656. The number of allylic oxidation sites excluding steroid dienone is 5. The molecule has 2 heterocycles. The van der Waals surface area contributed by atoms with Crippen molar-refractivity contribution in [2.75, 3.05) is 0 Å². The van der Waals surface area contributed by atoms with Gasteiger partial charge in [-0.1, -0.05) is 84.1 Å². The molecule has 3 rings (SSSR count). The van der Waals surface area contributed by atoms with Crippen LogP contribution in [0.5, 0.6) is 0 Å². The lowest BCUT2D eigenvalue weighted by atomic mass is 10.0.